The van der Waals surface area contributed by atoms with Gasteiger partial charge in [-0.2, -0.15) is 0 Å². The lowest BCUT2D eigenvalue weighted by Crippen LogP contribution is -2.32. The van der Waals surface area contributed by atoms with Crippen molar-refractivity contribution in [3.8, 4) is 0 Å². The van der Waals surface area contributed by atoms with Crippen molar-refractivity contribution in [3.63, 3.8) is 0 Å². The molecular weight excluding hydrogens is 205 g/mol. The maximum Gasteiger partial charge on any atom is 0.129 e. The molecule has 1 aromatic rings. The second kappa shape index (κ2) is 4.93. The first-order valence-electron chi connectivity index (χ1n) is 5.78. The zero-order valence-corrected chi connectivity index (χ0v) is 9.74. The highest BCUT2D eigenvalue weighted by molar-refractivity contribution is 5.20. The first-order chi connectivity index (χ1) is 7.68. The Hall–Kier alpha value is -0.930. The van der Waals surface area contributed by atoms with Gasteiger partial charge in [0.15, 0.2) is 0 Å². The molecule has 1 saturated heterocycles. The van der Waals surface area contributed by atoms with Gasteiger partial charge in [-0.1, -0.05) is 25.1 Å². The normalized spacial score (nSPS) is 31.1. The van der Waals surface area contributed by atoms with Crippen molar-refractivity contribution in [2.45, 2.75) is 26.0 Å². The number of hydrogen-bond donors (Lipinski definition) is 1. The van der Waals surface area contributed by atoms with Crippen LogP contribution in [0.4, 0.5) is 4.39 Å². The van der Waals surface area contributed by atoms with E-state index in [9.17, 15) is 4.39 Å². The number of rotatable bonds is 1. The molecule has 1 fully saturated rings. The fraction of sp³-hybridized carbons (Fsp3) is 0.538. The predicted molar refractivity (Wildman–Crippen MR) is 61.7 cm³/mol. The fourth-order valence-electron chi connectivity index (χ4n) is 1.90. The van der Waals surface area contributed by atoms with Crippen LogP contribution in [0.5, 0.6) is 0 Å². The summed E-state index contributed by atoms with van der Waals surface area (Å²) in [5.74, 6) is 0.272. The average Bonchev–Trinajstić information content (AvgIpc) is 2.44. The van der Waals surface area contributed by atoms with Gasteiger partial charge in [0.05, 0.1) is 12.7 Å². The number of nitrogens with one attached hydrogen (secondary N) is 1. The van der Waals surface area contributed by atoms with Crippen molar-refractivity contribution in [3.05, 3.63) is 35.6 Å². The van der Waals surface area contributed by atoms with Gasteiger partial charge < -0.3 is 10.1 Å². The highest BCUT2D eigenvalue weighted by Crippen LogP contribution is 2.23. The van der Waals surface area contributed by atoms with Crippen LogP contribution >= 0.6 is 0 Å². The third-order valence-corrected chi connectivity index (χ3v) is 3.29. The van der Waals surface area contributed by atoms with Crippen molar-refractivity contribution in [1.29, 1.82) is 0 Å². The summed E-state index contributed by atoms with van der Waals surface area (Å²) < 4.78 is 19.3. The zero-order valence-electron chi connectivity index (χ0n) is 9.74. The molecule has 2 rings (SSSR count). The molecule has 0 saturated carbocycles. The Morgan fingerprint density at radius 3 is 2.81 bits per heavy atom. The van der Waals surface area contributed by atoms with E-state index < -0.39 is 0 Å². The standard InChI is InChI=1S/C13H18FNO/c1-9-8-16-13(7-15-10(9)2)11-5-3-4-6-12(11)14/h3-6,9-10,13,15H,7-8H2,1-2H3. The largest absolute Gasteiger partial charge is 0.372 e. The van der Waals surface area contributed by atoms with Crippen LogP contribution in [-0.2, 0) is 4.74 Å². The lowest BCUT2D eigenvalue weighted by Gasteiger charge is -2.16. The van der Waals surface area contributed by atoms with E-state index in [0.29, 0.717) is 30.7 Å². The SMILES string of the molecule is CC1COC(c2ccccc2F)CNC1C. The molecule has 2 nitrogen and oxygen atoms in total. The minimum atomic E-state index is -0.184. The van der Waals surface area contributed by atoms with Gasteiger partial charge in [0.25, 0.3) is 0 Å². The minimum absolute atomic E-state index is 0.173. The van der Waals surface area contributed by atoms with Crippen LogP contribution in [0.2, 0.25) is 0 Å². The van der Waals surface area contributed by atoms with E-state index in [2.05, 4.69) is 19.2 Å². The molecule has 0 aliphatic carbocycles. The van der Waals surface area contributed by atoms with Crippen LogP contribution in [0.3, 0.4) is 0 Å². The monoisotopic (exact) mass is 223 g/mol. The molecule has 3 atom stereocenters. The summed E-state index contributed by atoms with van der Waals surface area (Å²) in [6, 6.07) is 7.24. The molecule has 0 aromatic heterocycles. The molecule has 0 bridgehead atoms. The Bertz CT molecular complexity index is 344. The van der Waals surface area contributed by atoms with Crippen LogP contribution in [0, 0.1) is 11.7 Å². The van der Waals surface area contributed by atoms with E-state index in [4.69, 9.17) is 4.74 Å². The van der Waals surface area contributed by atoms with Gasteiger partial charge in [0, 0.05) is 18.2 Å². The van der Waals surface area contributed by atoms with Gasteiger partial charge in [-0.3, -0.25) is 0 Å². The van der Waals surface area contributed by atoms with Crippen LogP contribution in [0.25, 0.3) is 0 Å². The van der Waals surface area contributed by atoms with Crippen molar-refractivity contribution in [2.75, 3.05) is 13.2 Å². The summed E-state index contributed by atoms with van der Waals surface area (Å²) in [5.41, 5.74) is 0.649. The van der Waals surface area contributed by atoms with Crippen molar-refractivity contribution < 1.29 is 9.13 Å². The number of halogens is 1. The molecule has 16 heavy (non-hydrogen) atoms. The van der Waals surface area contributed by atoms with E-state index in [-0.39, 0.29) is 11.9 Å². The number of benzene rings is 1. The van der Waals surface area contributed by atoms with Gasteiger partial charge in [0.2, 0.25) is 0 Å². The van der Waals surface area contributed by atoms with E-state index in [1.165, 1.54) is 6.07 Å². The van der Waals surface area contributed by atoms with Gasteiger partial charge in [-0.15, -0.1) is 0 Å². The quantitative estimate of drug-likeness (QED) is 0.790. The van der Waals surface area contributed by atoms with Crippen molar-refractivity contribution in [1.82, 2.24) is 5.32 Å². The van der Waals surface area contributed by atoms with Crippen molar-refractivity contribution in [2.24, 2.45) is 5.92 Å². The molecule has 0 amide bonds. The molecule has 1 aliphatic rings. The second-order valence-corrected chi connectivity index (χ2v) is 4.52. The maximum atomic E-state index is 13.6. The zero-order chi connectivity index (χ0) is 11.5. The Labute approximate surface area is 95.8 Å². The summed E-state index contributed by atoms with van der Waals surface area (Å²) >= 11 is 0. The summed E-state index contributed by atoms with van der Waals surface area (Å²) in [4.78, 5) is 0. The van der Waals surface area contributed by atoms with Gasteiger partial charge in [-0.25, -0.2) is 4.39 Å². The lowest BCUT2D eigenvalue weighted by molar-refractivity contribution is 0.0474. The summed E-state index contributed by atoms with van der Waals surface area (Å²) in [5, 5.41) is 3.38. The third kappa shape index (κ3) is 2.42. The topological polar surface area (TPSA) is 21.3 Å². The van der Waals surface area contributed by atoms with Gasteiger partial charge in [-0.05, 0) is 18.9 Å². The molecule has 3 unspecified atom stereocenters. The minimum Gasteiger partial charge on any atom is -0.372 e. The molecule has 88 valence electrons. The molecular formula is C13H18FNO. The van der Waals surface area contributed by atoms with Crippen LogP contribution < -0.4 is 5.32 Å². The Kier molecular flexibility index (Phi) is 3.56. The molecule has 3 heteroatoms. The molecule has 1 aliphatic heterocycles. The van der Waals surface area contributed by atoms with E-state index >= 15 is 0 Å². The fourth-order valence-corrected chi connectivity index (χ4v) is 1.90. The van der Waals surface area contributed by atoms with Crippen LogP contribution in [0.1, 0.15) is 25.5 Å². The van der Waals surface area contributed by atoms with E-state index in [1.807, 2.05) is 6.07 Å². The predicted octanol–water partition coefficient (Wildman–Crippen LogP) is 2.51. The van der Waals surface area contributed by atoms with E-state index in [0.717, 1.165) is 0 Å². The second-order valence-electron chi connectivity index (χ2n) is 4.52. The first-order valence-corrected chi connectivity index (χ1v) is 5.78. The molecule has 1 aromatic carbocycles. The first kappa shape index (κ1) is 11.6. The summed E-state index contributed by atoms with van der Waals surface area (Å²) in [7, 11) is 0. The van der Waals surface area contributed by atoms with Gasteiger partial charge >= 0.3 is 0 Å². The lowest BCUT2D eigenvalue weighted by atomic mass is 10.1. The highest BCUT2D eigenvalue weighted by Gasteiger charge is 2.23. The van der Waals surface area contributed by atoms with Crippen LogP contribution in [0.15, 0.2) is 24.3 Å². The third-order valence-electron chi connectivity index (χ3n) is 3.29. The Morgan fingerprint density at radius 2 is 2.06 bits per heavy atom. The average molecular weight is 223 g/mol. The summed E-state index contributed by atoms with van der Waals surface area (Å²) in [6.07, 6.45) is -0.173. The smallest absolute Gasteiger partial charge is 0.129 e. The van der Waals surface area contributed by atoms with Crippen molar-refractivity contribution >= 4 is 0 Å². The van der Waals surface area contributed by atoms with Gasteiger partial charge in [0.1, 0.15) is 5.82 Å². The van der Waals surface area contributed by atoms with E-state index in [1.54, 1.807) is 12.1 Å². The number of ether oxygens (including phenoxy) is 1. The molecule has 1 N–H and O–H groups in total. The molecule has 0 spiro atoms. The van der Waals surface area contributed by atoms with Crippen LogP contribution in [-0.4, -0.2) is 19.2 Å². The highest BCUT2D eigenvalue weighted by atomic mass is 19.1. The molecule has 1 heterocycles. The Morgan fingerprint density at radius 1 is 1.31 bits per heavy atom. The summed E-state index contributed by atoms with van der Waals surface area (Å²) in [6.45, 7) is 5.62. The number of hydrogen-bond acceptors (Lipinski definition) is 2. The Balaban J connectivity index is 2.14. The maximum absolute atomic E-state index is 13.6. The molecule has 0 radical (unpaired) electrons.